The molecule has 160 valence electrons. The maximum absolute atomic E-state index is 6.17. The van der Waals surface area contributed by atoms with E-state index < -0.39 is 0 Å². The van der Waals surface area contributed by atoms with E-state index >= 15 is 0 Å². The van der Waals surface area contributed by atoms with Gasteiger partial charge in [-0.1, -0.05) is 6.07 Å². The van der Waals surface area contributed by atoms with Crippen molar-refractivity contribution in [2.75, 3.05) is 18.8 Å². The van der Waals surface area contributed by atoms with Gasteiger partial charge in [0, 0.05) is 11.8 Å². The number of nitrogen functional groups attached to an aromatic ring is 1. The van der Waals surface area contributed by atoms with Crippen molar-refractivity contribution in [2.24, 2.45) is 0 Å². The van der Waals surface area contributed by atoms with Crippen molar-refractivity contribution in [3.8, 4) is 28.5 Å². The number of ether oxygens (including phenoxy) is 1. The first-order chi connectivity index (χ1) is 15.1. The van der Waals surface area contributed by atoms with Crippen molar-refractivity contribution in [1.29, 1.82) is 0 Å². The predicted molar refractivity (Wildman–Crippen MR) is 120 cm³/mol. The van der Waals surface area contributed by atoms with Crippen LogP contribution in [0.5, 0.6) is 5.75 Å². The Hall–Kier alpha value is -3.46. The van der Waals surface area contributed by atoms with Crippen LogP contribution in [0.2, 0.25) is 0 Å². The van der Waals surface area contributed by atoms with Gasteiger partial charge in [-0.15, -0.1) is 0 Å². The average Bonchev–Trinajstić information content (AvgIpc) is 3.42. The molecule has 0 radical (unpaired) electrons. The van der Waals surface area contributed by atoms with Crippen molar-refractivity contribution in [2.45, 2.75) is 38.8 Å². The van der Waals surface area contributed by atoms with Crippen molar-refractivity contribution >= 4 is 16.9 Å². The lowest BCUT2D eigenvalue weighted by Crippen LogP contribution is -2.29. The molecule has 4 N–H and O–H groups in total. The molecule has 1 fully saturated rings. The molecule has 0 saturated carbocycles. The minimum absolute atomic E-state index is 0.0513. The molecule has 9 heteroatoms. The Morgan fingerprint density at radius 2 is 2.00 bits per heavy atom. The number of nitrogens with zero attached hydrogens (tertiary/aromatic N) is 5. The molecule has 1 aromatic carbocycles. The minimum atomic E-state index is 0.0513. The summed E-state index contributed by atoms with van der Waals surface area (Å²) in [6.45, 7) is 6.01. The van der Waals surface area contributed by atoms with Crippen LogP contribution in [0.1, 0.15) is 32.7 Å². The van der Waals surface area contributed by atoms with E-state index in [1.807, 2.05) is 49.1 Å². The number of aromatic nitrogens is 6. The van der Waals surface area contributed by atoms with E-state index in [1.165, 1.54) is 0 Å². The molecule has 0 aliphatic carbocycles. The Labute approximate surface area is 180 Å². The number of H-pyrrole nitrogens is 1. The zero-order chi connectivity index (χ0) is 21.4. The molecular formula is C22H26N8O. The number of piperidine rings is 1. The van der Waals surface area contributed by atoms with Gasteiger partial charge in [-0.25, -0.2) is 15.0 Å². The van der Waals surface area contributed by atoms with Gasteiger partial charge < -0.3 is 20.8 Å². The highest BCUT2D eigenvalue weighted by atomic mass is 16.5. The van der Waals surface area contributed by atoms with E-state index in [9.17, 15) is 0 Å². The zero-order valence-corrected chi connectivity index (χ0v) is 17.7. The number of para-hydroxylation sites is 1. The number of hydrogen-bond acceptors (Lipinski definition) is 7. The highest BCUT2D eigenvalue weighted by molar-refractivity contribution is 5.85. The molecule has 1 aliphatic rings. The second-order valence-corrected chi connectivity index (χ2v) is 8.08. The van der Waals surface area contributed by atoms with Crippen LogP contribution in [-0.4, -0.2) is 48.9 Å². The Kier molecular flexibility index (Phi) is 5.03. The molecule has 0 unspecified atom stereocenters. The largest absolute Gasteiger partial charge is 0.489 e. The molecule has 31 heavy (non-hydrogen) atoms. The van der Waals surface area contributed by atoms with Gasteiger partial charge in [0.15, 0.2) is 11.6 Å². The number of aromatic amines is 1. The van der Waals surface area contributed by atoms with Crippen LogP contribution < -0.4 is 15.8 Å². The highest BCUT2D eigenvalue weighted by Gasteiger charge is 2.19. The molecule has 1 saturated heterocycles. The average molecular weight is 419 g/mol. The third-order valence-corrected chi connectivity index (χ3v) is 5.44. The summed E-state index contributed by atoms with van der Waals surface area (Å²) in [5.41, 5.74) is 9.91. The first-order valence-electron chi connectivity index (χ1n) is 10.6. The SMILES string of the molecule is CC(C)Oc1cccc2[nH]c(-c3nc(-c4cnn(C5CCNCC5)c4)cnc3N)nc12. The lowest BCUT2D eigenvalue weighted by molar-refractivity contribution is 0.245. The van der Waals surface area contributed by atoms with Gasteiger partial charge in [-0.2, -0.15) is 5.10 Å². The Balaban J connectivity index is 1.50. The normalized spacial score (nSPS) is 15.1. The topological polar surface area (TPSA) is 120 Å². The lowest BCUT2D eigenvalue weighted by atomic mass is 10.1. The first-order valence-corrected chi connectivity index (χ1v) is 10.6. The molecule has 0 bridgehead atoms. The van der Waals surface area contributed by atoms with E-state index in [-0.39, 0.29) is 6.10 Å². The van der Waals surface area contributed by atoms with Gasteiger partial charge in [-0.3, -0.25) is 4.68 Å². The van der Waals surface area contributed by atoms with Gasteiger partial charge in [0.2, 0.25) is 0 Å². The van der Waals surface area contributed by atoms with Gasteiger partial charge in [0.05, 0.1) is 35.8 Å². The van der Waals surface area contributed by atoms with Gasteiger partial charge in [-0.05, 0) is 51.9 Å². The molecule has 5 rings (SSSR count). The molecular weight excluding hydrogens is 392 g/mol. The predicted octanol–water partition coefficient (Wildman–Crippen LogP) is 3.18. The van der Waals surface area contributed by atoms with Crippen LogP contribution in [-0.2, 0) is 0 Å². The van der Waals surface area contributed by atoms with Crippen molar-refractivity contribution < 1.29 is 4.74 Å². The van der Waals surface area contributed by atoms with Crippen molar-refractivity contribution in [1.82, 2.24) is 35.0 Å². The number of rotatable bonds is 5. The second-order valence-electron chi connectivity index (χ2n) is 8.08. The quantitative estimate of drug-likeness (QED) is 0.455. The Bertz CT molecular complexity index is 1210. The van der Waals surface area contributed by atoms with Crippen LogP contribution in [0.4, 0.5) is 5.82 Å². The fourth-order valence-corrected chi connectivity index (χ4v) is 3.92. The van der Waals surface area contributed by atoms with Crippen molar-refractivity contribution in [3.63, 3.8) is 0 Å². The third-order valence-electron chi connectivity index (χ3n) is 5.44. The smallest absolute Gasteiger partial charge is 0.161 e. The number of benzene rings is 1. The molecule has 3 aromatic heterocycles. The summed E-state index contributed by atoms with van der Waals surface area (Å²) in [4.78, 5) is 17.2. The molecule has 1 aliphatic heterocycles. The Morgan fingerprint density at radius 1 is 1.16 bits per heavy atom. The maximum Gasteiger partial charge on any atom is 0.161 e. The van der Waals surface area contributed by atoms with E-state index in [1.54, 1.807) is 6.20 Å². The standard InChI is InChI=1S/C22H26N8O/c1-13(2)31-18-5-3-4-16-19(18)29-22(28-16)20-21(23)25-11-17(27-20)14-10-26-30(12-14)15-6-8-24-9-7-15/h3-5,10-13,15,24H,6-9H2,1-2H3,(H2,23,25)(H,28,29). The van der Waals surface area contributed by atoms with Crippen LogP contribution in [0.3, 0.4) is 0 Å². The number of imidazole rings is 1. The van der Waals surface area contributed by atoms with Crippen LogP contribution >= 0.6 is 0 Å². The summed E-state index contributed by atoms with van der Waals surface area (Å²) < 4.78 is 7.93. The van der Waals surface area contributed by atoms with Gasteiger partial charge in [0.25, 0.3) is 0 Å². The van der Waals surface area contributed by atoms with E-state index in [0.29, 0.717) is 29.1 Å². The summed E-state index contributed by atoms with van der Waals surface area (Å²) in [6.07, 6.45) is 7.74. The zero-order valence-electron chi connectivity index (χ0n) is 17.7. The number of nitrogens with two attached hydrogens (primary N) is 1. The lowest BCUT2D eigenvalue weighted by Gasteiger charge is -2.22. The molecule has 9 nitrogen and oxygen atoms in total. The van der Waals surface area contributed by atoms with Crippen LogP contribution in [0.15, 0.2) is 36.8 Å². The summed E-state index contributed by atoms with van der Waals surface area (Å²) in [5, 5.41) is 7.95. The summed E-state index contributed by atoms with van der Waals surface area (Å²) in [6, 6.07) is 6.21. The Morgan fingerprint density at radius 3 is 2.81 bits per heavy atom. The number of nitrogens with one attached hydrogen (secondary N) is 2. The summed E-state index contributed by atoms with van der Waals surface area (Å²) in [7, 11) is 0. The summed E-state index contributed by atoms with van der Waals surface area (Å²) in [5.74, 6) is 1.60. The monoisotopic (exact) mass is 418 g/mol. The fraction of sp³-hybridized carbons (Fsp3) is 0.364. The van der Waals surface area contributed by atoms with E-state index in [0.717, 1.165) is 48.3 Å². The molecule has 4 aromatic rings. The highest BCUT2D eigenvalue weighted by Crippen LogP contribution is 2.30. The molecule has 0 amide bonds. The second kappa shape index (κ2) is 7.99. The molecule has 4 heterocycles. The number of hydrogen-bond donors (Lipinski definition) is 3. The van der Waals surface area contributed by atoms with Crippen molar-refractivity contribution in [3.05, 3.63) is 36.8 Å². The first kappa shape index (κ1) is 19.5. The number of fused-ring (bicyclic) bond motifs is 1. The number of anilines is 1. The molecule has 0 spiro atoms. The van der Waals surface area contributed by atoms with Crippen LogP contribution in [0, 0.1) is 0 Å². The fourth-order valence-electron chi connectivity index (χ4n) is 3.92. The maximum atomic E-state index is 6.17. The van der Waals surface area contributed by atoms with Gasteiger partial charge in [0.1, 0.15) is 17.0 Å². The molecule has 0 atom stereocenters. The summed E-state index contributed by atoms with van der Waals surface area (Å²) >= 11 is 0. The van der Waals surface area contributed by atoms with Crippen LogP contribution in [0.25, 0.3) is 33.8 Å². The minimum Gasteiger partial charge on any atom is -0.489 e. The van der Waals surface area contributed by atoms with E-state index in [2.05, 4.69) is 20.4 Å². The third kappa shape index (κ3) is 3.84. The van der Waals surface area contributed by atoms with Gasteiger partial charge >= 0.3 is 0 Å². The van der Waals surface area contributed by atoms with E-state index in [4.69, 9.17) is 20.4 Å².